The number of aromatic hydroxyl groups is 2. The lowest BCUT2D eigenvalue weighted by Gasteiger charge is -2.30. The van der Waals surface area contributed by atoms with Crippen LogP contribution in [0, 0.1) is 23.3 Å². The van der Waals surface area contributed by atoms with E-state index in [1.54, 1.807) is 35.7 Å². The molecule has 0 heterocycles. The second-order valence-corrected chi connectivity index (χ2v) is 17.9. The molecule has 4 aromatic rings. The number of phenolic OH excluding ortho intramolecular Hbond substituents is 2. The molecule has 2 N–H and O–H groups in total. The summed E-state index contributed by atoms with van der Waals surface area (Å²) in [7, 11) is 0. The van der Waals surface area contributed by atoms with Gasteiger partial charge in [-0.1, -0.05) is 91.5 Å². The minimum Gasteiger partial charge on any atom is -0.507 e. The number of rotatable bonds is 8. The predicted octanol–water partition coefficient (Wildman–Crippen LogP) is 12.8. The number of phenols is 2. The van der Waals surface area contributed by atoms with E-state index in [-0.39, 0.29) is 55.1 Å². The lowest BCUT2D eigenvalue weighted by molar-refractivity contribution is 0.469. The monoisotopic (exact) mass is 724 g/mol. The van der Waals surface area contributed by atoms with E-state index in [2.05, 4.69) is 0 Å². The molecule has 268 valence electrons. The molecule has 1 saturated carbocycles. The second kappa shape index (κ2) is 15.6. The average Bonchev–Trinajstić information content (AvgIpc) is 3.01. The van der Waals surface area contributed by atoms with E-state index in [1.807, 2.05) is 53.7 Å². The maximum Gasteiger partial charge on any atom is 0.134 e. The van der Waals surface area contributed by atoms with Crippen molar-refractivity contribution in [2.45, 2.75) is 113 Å². The van der Waals surface area contributed by atoms with Crippen molar-refractivity contribution < 1.29 is 27.8 Å². The summed E-state index contributed by atoms with van der Waals surface area (Å²) in [4.78, 5) is 0. The normalized spacial score (nSPS) is 17.4. The van der Waals surface area contributed by atoms with Crippen LogP contribution in [-0.4, -0.2) is 20.7 Å². The zero-order valence-electron chi connectivity index (χ0n) is 29.8. The number of halogens is 4. The quantitative estimate of drug-likeness (QED) is 0.178. The Morgan fingerprint density at radius 2 is 0.900 bits per heavy atom. The number of hydrogen-bond donors (Lipinski definition) is 2. The fourth-order valence-electron chi connectivity index (χ4n) is 6.56. The van der Waals surface area contributed by atoms with E-state index in [9.17, 15) is 27.8 Å². The highest BCUT2D eigenvalue weighted by atomic mass is 32.2. The summed E-state index contributed by atoms with van der Waals surface area (Å²) in [5.74, 6) is -2.18. The van der Waals surface area contributed by atoms with Crippen LogP contribution in [0.4, 0.5) is 17.6 Å². The molecule has 0 spiro atoms. The molecular formula is C42H48F4O2S2. The second-order valence-electron chi connectivity index (χ2n) is 15.4. The van der Waals surface area contributed by atoms with Crippen LogP contribution >= 0.6 is 23.5 Å². The third-order valence-electron chi connectivity index (χ3n) is 9.62. The van der Waals surface area contributed by atoms with E-state index in [0.29, 0.717) is 22.6 Å². The Morgan fingerprint density at radius 3 is 1.22 bits per heavy atom. The fourth-order valence-corrected chi connectivity index (χ4v) is 9.62. The van der Waals surface area contributed by atoms with Crippen molar-refractivity contribution >= 4 is 23.5 Å². The van der Waals surface area contributed by atoms with Crippen LogP contribution in [0.15, 0.2) is 60.7 Å². The summed E-state index contributed by atoms with van der Waals surface area (Å²) >= 11 is 3.50. The summed E-state index contributed by atoms with van der Waals surface area (Å²) < 4.78 is 59.9. The summed E-state index contributed by atoms with van der Waals surface area (Å²) in [5, 5.41) is 23.4. The first-order valence-electron chi connectivity index (χ1n) is 17.4. The van der Waals surface area contributed by atoms with Gasteiger partial charge in [-0.15, -0.1) is 0 Å². The molecule has 0 bridgehead atoms. The van der Waals surface area contributed by atoms with Gasteiger partial charge in [0.2, 0.25) is 0 Å². The first-order chi connectivity index (χ1) is 23.6. The standard InChI is InChI=1S/C42H48F4O2S2/c1-41(2,3)27-19-25(39(47)29(21-27)37-31(43)13-11-14-32(37)44)23-49-35-17-9-7-8-10-18-36(35)50-24-26-20-28(42(4,5)6)22-30(40(26)48)38-33(45)15-12-16-34(38)46/h11-16,19-22,35-36,47-48H,7-10,17-18,23-24H2,1-6H3/t35-,36?/m0/s1. The minimum atomic E-state index is -0.721. The van der Waals surface area contributed by atoms with Crippen molar-refractivity contribution in [3.05, 3.63) is 106 Å². The van der Waals surface area contributed by atoms with Crippen LogP contribution in [0.1, 0.15) is 102 Å². The van der Waals surface area contributed by atoms with Crippen LogP contribution < -0.4 is 0 Å². The van der Waals surface area contributed by atoms with E-state index in [4.69, 9.17) is 0 Å². The van der Waals surface area contributed by atoms with E-state index >= 15 is 0 Å². The number of hydrogen-bond acceptors (Lipinski definition) is 4. The highest BCUT2D eigenvalue weighted by Crippen LogP contribution is 2.45. The third kappa shape index (κ3) is 8.67. The molecule has 0 aromatic heterocycles. The molecule has 1 aliphatic rings. The molecule has 0 saturated heterocycles. The molecule has 1 unspecified atom stereocenters. The maximum absolute atomic E-state index is 15.0. The van der Waals surface area contributed by atoms with Gasteiger partial charge in [-0.3, -0.25) is 0 Å². The van der Waals surface area contributed by atoms with Crippen molar-refractivity contribution in [3.63, 3.8) is 0 Å². The Hall–Kier alpha value is -3.10. The first kappa shape index (κ1) is 38.1. The van der Waals surface area contributed by atoms with Gasteiger partial charge in [0.15, 0.2) is 0 Å². The molecule has 50 heavy (non-hydrogen) atoms. The zero-order chi connectivity index (χ0) is 36.4. The van der Waals surface area contributed by atoms with Crippen molar-refractivity contribution in [3.8, 4) is 33.8 Å². The van der Waals surface area contributed by atoms with Crippen molar-refractivity contribution in [1.29, 1.82) is 0 Å². The summed E-state index contributed by atoms with van der Waals surface area (Å²) in [6.45, 7) is 12.2. The molecule has 0 aliphatic heterocycles. The van der Waals surface area contributed by atoms with Gasteiger partial charge in [0, 0.05) is 44.3 Å². The molecule has 5 rings (SSSR count). The van der Waals surface area contributed by atoms with E-state index < -0.39 is 23.3 Å². The van der Waals surface area contributed by atoms with Crippen molar-refractivity contribution in [1.82, 2.24) is 0 Å². The van der Waals surface area contributed by atoms with Crippen LogP contribution in [0.25, 0.3) is 22.3 Å². The van der Waals surface area contributed by atoms with Gasteiger partial charge in [-0.25, -0.2) is 17.6 Å². The Bertz CT molecular complexity index is 1650. The molecule has 2 nitrogen and oxygen atoms in total. The Balaban J connectivity index is 1.46. The van der Waals surface area contributed by atoms with Gasteiger partial charge < -0.3 is 10.2 Å². The molecule has 2 atom stereocenters. The lowest BCUT2D eigenvalue weighted by Crippen LogP contribution is -2.22. The summed E-state index contributed by atoms with van der Waals surface area (Å²) in [6.07, 6.45) is 6.35. The predicted molar refractivity (Wildman–Crippen MR) is 202 cm³/mol. The zero-order valence-corrected chi connectivity index (χ0v) is 31.4. The van der Waals surface area contributed by atoms with Gasteiger partial charge in [0.1, 0.15) is 34.8 Å². The fraction of sp³-hybridized carbons (Fsp3) is 0.429. The lowest BCUT2D eigenvalue weighted by atomic mass is 9.83. The maximum atomic E-state index is 15.0. The Kier molecular flexibility index (Phi) is 11.9. The first-order valence-corrected chi connectivity index (χ1v) is 19.5. The van der Waals surface area contributed by atoms with Crippen LogP contribution in [-0.2, 0) is 22.3 Å². The van der Waals surface area contributed by atoms with Crippen molar-refractivity contribution in [2.24, 2.45) is 0 Å². The topological polar surface area (TPSA) is 40.5 Å². The third-order valence-corrected chi connectivity index (χ3v) is 12.7. The van der Waals surface area contributed by atoms with Gasteiger partial charge >= 0.3 is 0 Å². The van der Waals surface area contributed by atoms with Crippen LogP contribution in [0.3, 0.4) is 0 Å². The molecule has 0 amide bonds. The molecule has 8 heteroatoms. The van der Waals surface area contributed by atoms with Crippen LogP contribution in [0.2, 0.25) is 0 Å². The van der Waals surface area contributed by atoms with Gasteiger partial charge in [0.25, 0.3) is 0 Å². The molecule has 1 fully saturated rings. The summed E-state index contributed by atoms with van der Waals surface area (Å²) in [5.41, 5.74) is 2.24. The molecular weight excluding hydrogens is 677 g/mol. The Labute approximate surface area is 303 Å². The summed E-state index contributed by atoms with van der Waals surface area (Å²) in [6, 6.07) is 14.8. The molecule has 0 radical (unpaired) electrons. The van der Waals surface area contributed by atoms with Gasteiger partial charge in [-0.05, 0) is 71.2 Å². The van der Waals surface area contributed by atoms with Crippen molar-refractivity contribution in [2.75, 3.05) is 0 Å². The van der Waals surface area contributed by atoms with E-state index in [0.717, 1.165) is 49.7 Å². The molecule has 4 aromatic carbocycles. The molecule has 1 aliphatic carbocycles. The largest absolute Gasteiger partial charge is 0.507 e. The highest BCUT2D eigenvalue weighted by molar-refractivity contribution is 8.03. The Morgan fingerprint density at radius 1 is 0.560 bits per heavy atom. The van der Waals surface area contributed by atoms with E-state index in [1.165, 1.54) is 36.4 Å². The SMILES string of the molecule is CC(C)(C)c1cc(CSC2CCCCCC[C@@H]2SCc2cc(C(C)(C)C)cc(-c3c(F)cccc3F)c2O)c(O)c(-c2c(F)cccc2F)c1. The van der Waals surface area contributed by atoms with Gasteiger partial charge in [-0.2, -0.15) is 23.5 Å². The highest BCUT2D eigenvalue weighted by Gasteiger charge is 2.29. The minimum absolute atomic E-state index is 0.110. The smallest absolute Gasteiger partial charge is 0.134 e. The number of thioether (sulfide) groups is 2. The average molecular weight is 725 g/mol. The van der Waals surface area contributed by atoms with Gasteiger partial charge in [0.05, 0.1) is 11.1 Å². The van der Waals surface area contributed by atoms with Crippen LogP contribution in [0.5, 0.6) is 11.5 Å². The number of benzene rings is 4.